The van der Waals surface area contributed by atoms with Gasteiger partial charge < -0.3 is 10.2 Å². The first-order valence-corrected chi connectivity index (χ1v) is 9.46. The van der Waals surface area contributed by atoms with Gasteiger partial charge in [-0.25, -0.2) is 0 Å². The predicted octanol–water partition coefficient (Wildman–Crippen LogP) is 4.40. The molecule has 3 aromatic rings. The van der Waals surface area contributed by atoms with Crippen LogP contribution in [0, 0.1) is 13.8 Å². The lowest BCUT2D eigenvalue weighted by atomic mass is 10.1. The van der Waals surface area contributed by atoms with Crippen molar-refractivity contribution >= 4 is 34.1 Å². The van der Waals surface area contributed by atoms with Gasteiger partial charge in [0.2, 0.25) is 5.91 Å². The molecule has 1 aliphatic heterocycles. The van der Waals surface area contributed by atoms with Crippen molar-refractivity contribution in [2.45, 2.75) is 40.2 Å². The molecule has 0 radical (unpaired) electrons. The monoisotopic (exact) mass is 373 g/mol. The summed E-state index contributed by atoms with van der Waals surface area (Å²) in [7, 11) is 0. The van der Waals surface area contributed by atoms with Gasteiger partial charge in [-0.3, -0.25) is 14.6 Å². The predicted molar refractivity (Wildman–Crippen MR) is 112 cm³/mol. The molecule has 1 aromatic heterocycles. The lowest BCUT2D eigenvalue weighted by Gasteiger charge is -2.20. The van der Waals surface area contributed by atoms with Crippen molar-refractivity contribution in [2.75, 3.05) is 10.2 Å². The summed E-state index contributed by atoms with van der Waals surface area (Å²) in [5.74, 6) is -0.140. The number of rotatable bonds is 2. The first-order valence-electron chi connectivity index (χ1n) is 9.46. The third kappa shape index (κ3) is 3.03. The SMILES string of the molecule is CC(=O)N1c2ccc(NC(=O)c3cc4cccc(C)c4nc3C)cc2C[C@H]1C. The molecule has 5 nitrogen and oxygen atoms in total. The number of nitrogens with one attached hydrogen (secondary N) is 1. The van der Waals surface area contributed by atoms with Crippen molar-refractivity contribution in [1.29, 1.82) is 0 Å². The van der Waals surface area contributed by atoms with Gasteiger partial charge in [-0.15, -0.1) is 0 Å². The molecule has 2 aromatic carbocycles. The quantitative estimate of drug-likeness (QED) is 0.724. The molecule has 5 heteroatoms. The fourth-order valence-electron chi connectivity index (χ4n) is 4.06. The molecule has 1 aliphatic rings. The third-order valence-electron chi connectivity index (χ3n) is 5.37. The summed E-state index contributed by atoms with van der Waals surface area (Å²) in [5.41, 5.74) is 6.02. The number of nitrogens with zero attached hydrogens (tertiary/aromatic N) is 2. The third-order valence-corrected chi connectivity index (χ3v) is 5.37. The summed E-state index contributed by atoms with van der Waals surface area (Å²) in [6, 6.07) is 13.7. The van der Waals surface area contributed by atoms with Gasteiger partial charge in [-0.05, 0) is 62.6 Å². The second kappa shape index (κ2) is 6.75. The molecule has 0 aliphatic carbocycles. The highest BCUT2D eigenvalue weighted by Gasteiger charge is 2.29. The number of fused-ring (bicyclic) bond motifs is 2. The van der Waals surface area contributed by atoms with E-state index in [9.17, 15) is 9.59 Å². The second-order valence-corrected chi connectivity index (χ2v) is 7.51. The highest BCUT2D eigenvalue weighted by Crippen LogP contribution is 2.34. The van der Waals surface area contributed by atoms with Gasteiger partial charge in [-0.2, -0.15) is 0 Å². The lowest BCUT2D eigenvalue weighted by molar-refractivity contribution is -0.116. The fourth-order valence-corrected chi connectivity index (χ4v) is 4.06. The number of aryl methyl sites for hydroxylation is 2. The number of amides is 2. The number of carbonyl (C=O) groups excluding carboxylic acids is 2. The summed E-state index contributed by atoms with van der Waals surface area (Å²) in [4.78, 5) is 31.2. The van der Waals surface area contributed by atoms with Crippen molar-refractivity contribution in [3.8, 4) is 0 Å². The van der Waals surface area contributed by atoms with Crippen molar-refractivity contribution in [1.82, 2.24) is 4.98 Å². The Morgan fingerprint density at radius 1 is 1.14 bits per heavy atom. The van der Waals surface area contributed by atoms with Crippen LogP contribution in [0.1, 0.15) is 41.0 Å². The average molecular weight is 373 g/mol. The minimum absolute atomic E-state index is 0.0381. The van der Waals surface area contributed by atoms with Gasteiger partial charge in [0, 0.05) is 29.7 Å². The standard InChI is InChI=1S/C23H23N3O2/c1-13-6-5-7-17-12-20(15(3)24-22(13)17)23(28)25-19-8-9-21-18(11-19)10-14(2)26(21)16(4)27/h5-9,11-12,14H,10H2,1-4H3,(H,25,28)/t14-/m1/s1. The average Bonchev–Trinajstić information content (AvgIpc) is 2.97. The van der Waals surface area contributed by atoms with Crippen LogP contribution in [0.4, 0.5) is 11.4 Å². The molecule has 0 unspecified atom stereocenters. The number of carbonyl (C=O) groups is 2. The van der Waals surface area contributed by atoms with Gasteiger partial charge >= 0.3 is 0 Å². The zero-order valence-corrected chi connectivity index (χ0v) is 16.5. The first kappa shape index (κ1) is 18.2. The van der Waals surface area contributed by atoms with Gasteiger partial charge in [0.15, 0.2) is 0 Å². The van der Waals surface area contributed by atoms with Crippen molar-refractivity contribution in [3.63, 3.8) is 0 Å². The first-order chi connectivity index (χ1) is 13.3. The summed E-state index contributed by atoms with van der Waals surface area (Å²) >= 11 is 0. The Hall–Kier alpha value is -3.21. The molecule has 2 heterocycles. The number of hydrogen-bond donors (Lipinski definition) is 1. The van der Waals surface area contributed by atoms with Gasteiger partial charge in [0.1, 0.15) is 0 Å². The summed E-state index contributed by atoms with van der Waals surface area (Å²) < 4.78 is 0. The lowest BCUT2D eigenvalue weighted by Crippen LogP contribution is -2.33. The fraction of sp³-hybridized carbons (Fsp3) is 0.261. The van der Waals surface area contributed by atoms with Gasteiger partial charge in [0.05, 0.1) is 16.8 Å². The number of aromatic nitrogens is 1. The Bertz CT molecular complexity index is 1120. The number of benzene rings is 2. The van der Waals surface area contributed by atoms with E-state index in [0.29, 0.717) is 11.3 Å². The Balaban J connectivity index is 1.63. The van der Waals surface area contributed by atoms with E-state index in [1.54, 1.807) is 11.8 Å². The molecule has 0 saturated heterocycles. The molecule has 142 valence electrons. The van der Waals surface area contributed by atoms with Crippen LogP contribution in [0.5, 0.6) is 0 Å². The molecule has 0 fully saturated rings. The number of anilines is 2. The molecule has 28 heavy (non-hydrogen) atoms. The van der Waals surface area contributed by atoms with Crippen LogP contribution in [-0.4, -0.2) is 22.8 Å². The van der Waals surface area contributed by atoms with E-state index in [4.69, 9.17) is 0 Å². The summed E-state index contributed by atoms with van der Waals surface area (Å²) in [5, 5.41) is 3.94. The molecule has 1 atom stereocenters. The molecular formula is C23H23N3O2. The Kier molecular flexibility index (Phi) is 4.38. The number of para-hydroxylation sites is 1. The van der Waals surface area contributed by atoms with Crippen LogP contribution in [0.15, 0.2) is 42.5 Å². The summed E-state index contributed by atoms with van der Waals surface area (Å²) in [6.07, 6.45) is 0.786. The van der Waals surface area contributed by atoms with Crippen molar-refractivity contribution in [2.24, 2.45) is 0 Å². The maximum atomic E-state index is 12.9. The smallest absolute Gasteiger partial charge is 0.257 e. The largest absolute Gasteiger partial charge is 0.322 e. The molecule has 0 saturated carbocycles. The van der Waals surface area contributed by atoms with Crippen molar-refractivity contribution < 1.29 is 9.59 Å². The van der Waals surface area contributed by atoms with Crippen molar-refractivity contribution in [3.05, 3.63) is 64.8 Å². The van der Waals surface area contributed by atoms with E-state index in [1.165, 1.54) is 0 Å². The molecular weight excluding hydrogens is 350 g/mol. The normalized spacial score (nSPS) is 15.6. The molecule has 1 N–H and O–H groups in total. The Morgan fingerprint density at radius 2 is 1.93 bits per heavy atom. The maximum absolute atomic E-state index is 12.9. The minimum atomic E-state index is -0.178. The van der Waals surface area contributed by atoms with Gasteiger partial charge in [0.25, 0.3) is 5.91 Å². The molecule has 4 rings (SSSR count). The van der Waals surface area contributed by atoms with Crippen LogP contribution in [0.2, 0.25) is 0 Å². The zero-order chi connectivity index (χ0) is 20.0. The van der Waals surface area contributed by atoms with Crippen LogP contribution >= 0.6 is 0 Å². The number of hydrogen-bond acceptors (Lipinski definition) is 3. The number of pyridine rings is 1. The topological polar surface area (TPSA) is 62.3 Å². The van der Waals surface area contributed by atoms with E-state index < -0.39 is 0 Å². The zero-order valence-electron chi connectivity index (χ0n) is 16.5. The molecule has 0 spiro atoms. The van der Waals surface area contributed by atoms with Gasteiger partial charge in [-0.1, -0.05) is 18.2 Å². The molecule has 2 amide bonds. The van der Waals surface area contributed by atoms with E-state index in [-0.39, 0.29) is 17.9 Å². The highest BCUT2D eigenvalue weighted by molar-refractivity contribution is 6.07. The van der Waals surface area contributed by atoms with E-state index in [1.807, 2.05) is 63.2 Å². The van der Waals surface area contributed by atoms with Crippen LogP contribution in [-0.2, 0) is 11.2 Å². The van der Waals surface area contributed by atoms with Crippen LogP contribution in [0.25, 0.3) is 10.9 Å². The second-order valence-electron chi connectivity index (χ2n) is 7.51. The molecule has 0 bridgehead atoms. The Morgan fingerprint density at radius 3 is 2.68 bits per heavy atom. The van der Waals surface area contributed by atoms with Crippen LogP contribution < -0.4 is 10.2 Å². The highest BCUT2D eigenvalue weighted by atomic mass is 16.2. The van der Waals surface area contributed by atoms with E-state index >= 15 is 0 Å². The summed E-state index contributed by atoms with van der Waals surface area (Å²) in [6.45, 7) is 7.49. The van der Waals surface area contributed by atoms with Crippen LogP contribution in [0.3, 0.4) is 0 Å². The van der Waals surface area contributed by atoms with E-state index in [2.05, 4.69) is 10.3 Å². The Labute approximate surface area is 164 Å². The van der Waals surface area contributed by atoms with E-state index in [0.717, 1.165) is 39.8 Å². The minimum Gasteiger partial charge on any atom is -0.322 e. The maximum Gasteiger partial charge on any atom is 0.257 e.